The Labute approximate surface area is 110 Å². The number of halogens is 1. The molecular weight excluding hydrogens is 276 g/mol. The van der Waals surface area contributed by atoms with Crippen LogP contribution in [-0.4, -0.2) is 7.11 Å². The van der Waals surface area contributed by atoms with Crippen LogP contribution in [-0.2, 0) is 0 Å². The summed E-state index contributed by atoms with van der Waals surface area (Å²) in [5.41, 5.74) is 3.00. The van der Waals surface area contributed by atoms with Gasteiger partial charge in [-0.1, -0.05) is 40.0 Å². The van der Waals surface area contributed by atoms with Crippen LogP contribution in [0.2, 0.25) is 0 Å². The van der Waals surface area contributed by atoms with Gasteiger partial charge in [-0.15, -0.1) is 6.42 Å². The summed E-state index contributed by atoms with van der Waals surface area (Å²) < 4.78 is 6.14. The van der Waals surface area contributed by atoms with Crippen molar-refractivity contribution < 1.29 is 4.74 Å². The van der Waals surface area contributed by atoms with Gasteiger partial charge in [0.05, 0.1) is 7.11 Å². The molecule has 2 aromatic rings. The van der Waals surface area contributed by atoms with Gasteiger partial charge >= 0.3 is 0 Å². The SMILES string of the molecule is C#Cc1ccccc1-c1ccc(OC)cc1Br. The van der Waals surface area contributed by atoms with E-state index < -0.39 is 0 Å². The fourth-order valence-electron chi connectivity index (χ4n) is 1.69. The van der Waals surface area contributed by atoms with E-state index in [4.69, 9.17) is 11.2 Å². The van der Waals surface area contributed by atoms with Gasteiger partial charge in [0.1, 0.15) is 5.75 Å². The molecule has 0 heterocycles. The fraction of sp³-hybridized carbons (Fsp3) is 0.0667. The summed E-state index contributed by atoms with van der Waals surface area (Å²) in [6.07, 6.45) is 5.50. The second-order valence-electron chi connectivity index (χ2n) is 3.54. The van der Waals surface area contributed by atoms with Gasteiger partial charge in [-0.25, -0.2) is 0 Å². The number of rotatable bonds is 2. The Morgan fingerprint density at radius 2 is 1.88 bits per heavy atom. The van der Waals surface area contributed by atoms with Gasteiger partial charge in [0.15, 0.2) is 0 Å². The van der Waals surface area contributed by atoms with Gasteiger partial charge in [-0.3, -0.25) is 0 Å². The molecule has 2 aromatic carbocycles. The molecule has 84 valence electrons. The second-order valence-corrected chi connectivity index (χ2v) is 4.39. The van der Waals surface area contributed by atoms with Crippen molar-refractivity contribution in [3.63, 3.8) is 0 Å². The van der Waals surface area contributed by atoms with Crippen LogP contribution in [0.15, 0.2) is 46.9 Å². The van der Waals surface area contributed by atoms with Crippen molar-refractivity contribution in [2.24, 2.45) is 0 Å². The molecule has 1 nitrogen and oxygen atoms in total. The molecule has 2 heteroatoms. The summed E-state index contributed by atoms with van der Waals surface area (Å²) in [5, 5.41) is 0. The van der Waals surface area contributed by atoms with Crippen LogP contribution in [0.3, 0.4) is 0 Å². The minimum absolute atomic E-state index is 0.818. The van der Waals surface area contributed by atoms with Crippen LogP contribution in [0.25, 0.3) is 11.1 Å². The predicted molar refractivity (Wildman–Crippen MR) is 74.1 cm³/mol. The largest absolute Gasteiger partial charge is 0.497 e. The first-order valence-corrected chi connectivity index (χ1v) is 5.95. The molecule has 0 radical (unpaired) electrons. The number of methoxy groups -OCH3 is 1. The van der Waals surface area contributed by atoms with E-state index in [1.54, 1.807) is 7.11 Å². The van der Waals surface area contributed by atoms with Crippen LogP contribution in [0.5, 0.6) is 5.75 Å². The summed E-state index contributed by atoms with van der Waals surface area (Å²) in [4.78, 5) is 0. The fourth-order valence-corrected chi connectivity index (χ4v) is 2.26. The van der Waals surface area contributed by atoms with E-state index in [1.165, 1.54) is 0 Å². The lowest BCUT2D eigenvalue weighted by Gasteiger charge is -2.09. The summed E-state index contributed by atoms with van der Waals surface area (Å²) in [6, 6.07) is 13.7. The highest BCUT2D eigenvalue weighted by molar-refractivity contribution is 9.10. The number of hydrogen-bond acceptors (Lipinski definition) is 1. The van der Waals surface area contributed by atoms with Crippen molar-refractivity contribution in [3.8, 4) is 29.2 Å². The van der Waals surface area contributed by atoms with Gasteiger partial charge in [-0.05, 0) is 35.4 Å². The topological polar surface area (TPSA) is 9.23 Å². The molecule has 0 N–H and O–H groups in total. The minimum Gasteiger partial charge on any atom is -0.497 e. The van der Waals surface area contributed by atoms with Crippen molar-refractivity contribution in [2.45, 2.75) is 0 Å². The Morgan fingerprint density at radius 3 is 2.53 bits per heavy atom. The monoisotopic (exact) mass is 286 g/mol. The maximum Gasteiger partial charge on any atom is 0.120 e. The van der Waals surface area contributed by atoms with Crippen molar-refractivity contribution in [3.05, 3.63) is 52.5 Å². The molecular formula is C15H11BrO. The highest BCUT2D eigenvalue weighted by Crippen LogP contribution is 2.33. The third-order valence-corrected chi connectivity index (χ3v) is 3.21. The second kappa shape index (κ2) is 5.07. The predicted octanol–water partition coefficient (Wildman–Crippen LogP) is 4.11. The average Bonchev–Trinajstić information content (AvgIpc) is 2.38. The van der Waals surface area contributed by atoms with Crippen LogP contribution in [0, 0.1) is 12.3 Å². The van der Waals surface area contributed by atoms with E-state index >= 15 is 0 Å². The van der Waals surface area contributed by atoms with Gasteiger partial charge in [0.25, 0.3) is 0 Å². The van der Waals surface area contributed by atoms with E-state index in [9.17, 15) is 0 Å². The zero-order valence-corrected chi connectivity index (χ0v) is 11.0. The van der Waals surface area contributed by atoms with E-state index in [2.05, 4.69) is 21.9 Å². The molecule has 0 saturated carbocycles. The minimum atomic E-state index is 0.818. The molecule has 0 saturated heterocycles. The van der Waals surface area contributed by atoms with Crippen molar-refractivity contribution >= 4 is 15.9 Å². The molecule has 2 rings (SSSR count). The molecule has 0 bridgehead atoms. The van der Waals surface area contributed by atoms with Crippen molar-refractivity contribution in [2.75, 3.05) is 7.11 Å². The maximum absolute atomic E-state index is 5.50. The number of terminal acetylenes is 1. The van der Waals surface area contributed by atoms with E-state index in [0.29, 0.717) is 0 Å². The van der Waals surface area contributed by atoms with E-state index in [-0.39, 0.29) is 0 Å². The van der Waals surface area contributed by atoms with Gasteiger partial charge in [0, 0.05) is 10.0 Å². The molecule has 0 fully saturated rings. The molecule has 0 aliphatic rings. The normalized spacial score (nSPS) is 9.71. The third-order valence-electron chi connectivity index (χ3n) is 2.55. The van der Waals surface area contributed by atoms with Crippen LogP contribution >= 0.6 is 15.9 Å². The molecule has 0 atom stereocenters. The molecule has 0 unspecified atom stereocenters. The zero-order valence-electron chi connectivity index (χ0n) is 9.41. The standard InChI is InChI=1S/C15H11BrO/c1-3-11-6-4-5-7-13(11)14-9-8-12(17-2)10-15(14)16/h1,4-10H,2H3. The Kier molecular flexibility index (Phi) is 3.51. The molecule has 0 amide bonds. The summed E-state index contributed by atoms with van der Waals surface area (Å²) in [6.45, 7) is 0. The van der Waals surface area contributed by atoms with Crippen LogP contribution in [0.4, 0.5) is 0 Å². The highest BCUT2D eigenvalue weighted by atomic mass is 79.9. The quantitative estimate of drug-likeness (QED) is 0.755. The number of ether oxygens (including phenoxy) is 1. The molecule has 0 aliphatic heterocycles. The first kappa shape index (κ1) is 11.8. The Bertz CT molecular complexity index is 582. The average molecular weight is 287 g/mol. The zero-order chi connectivity index (χ0) is 12.3. The summed E-state index contributed by atoms with van der Waals surface area (Å²) in [7, 11) is 1.65. The summed E-state index contributed by atoms with van der Waals surface area (Å²) in [5.74, 6) is 3.52. The van der Waals surface area contributed by atoms with Crippen LogP contribution in [0.1, 0.15) is 5.56 Å². The van der Waals surface area contributed by atoms with Crippen molar-refractivity contribution in [1.82, 2.24) is 0 Å². The van der Waals surface area contributed by atoms with Gasteiger partial charge in [-0.2, -0.15) is 0 Å². The Morgan fingerprint density at radius 1 is 1.12 bits per heavy atom. The first-order valence-electron chi connectivity index (χ1n) is 5.16. The summed E-state index contributed by atoms with van der Waals surface area (Å²) >= 11 is 3.54. The molecule has 17 heavy (non-hydrogen) atoms. The lowest BCUT2D eigenvalue weighted by atomic mass is 10.0. The number of benzene rings is 2. The Balaban J connectivity index is 2.58. The van der Waals surface area contributed by atoms with E-state index in [1.807, 2.05) is 42.5 Å². The Hall–Kier alpha value is -1.72. The molecule has 0 spiro atoms. The van der Waals surface area contributed by atoms with E-state index in [0.717, 1.165) is 26.9 Å². The number of hydrogen-bond donors (Lipinski definition) is 0. The van der Waals surface area contributed by atoms with Crippen molar-refractivity contribution in [1.29, 1.82) is 0 Å². The maximum atomic E-state index is 5.50. The first-order chi connectivity index (χ1) is 8.26. The lowest BCUT2D eigenvalue weighted by molar-refractivity contribution is 0.414. The highest BCUT2D eigenvalue weighted by Gasteiger charge is 2.07. The van der Waals surface area contributed by atoms with Gasteiger partial charge < -0.3 is 4.74 Å². The van der Waals surface area contributed by atoms with Gasteiger partial charge in [0.2, 0.25) is 0 Å². The third kappa shape index (κ3) is 2.35. The lowest BCUT2D eigenvalue weighted by Crippen LogP contribution is -1.87. The van der Waals surface area contributed by atoms with Crippen LogP contribution < -0.4 is 4.74 Å². The smallest absolute Gasteiger partial charge is 0.120 e. The molecule has 0 aliphatic carbocycles. The molecule has 0 aromatic heterocycles.